The van der Waals surface area contributed by atoms with Gasteiger partial charge in [-0.15, -0.1) is 0 Å². The quantitative estimate of drug-likeness (QED) is 0.500. The smallest absolute Gasteiger partial charge is 0.332 e. The van der Waals surface area contributed by atoms with Crippen molar-refractivity contribution in [1.82, 2.24) is 5.32 Å². The number of thiocarbonyl (C=S) groups is 1. The molecule has 19 heavy (non-hydrogen) atoms. The Morgan fingerprint density at radius 1 is 1.26 bits per heavy atom. The predicted molar refractivity (Wildman–Crippen MR) is 78.1 cm³/mol. The van der Waals surface area contributed by atoms with Crippen LogP contribution in [0.3, 0.4) is 0 Å². The molecule has 0 fully saturated rings. The van der Waals surface area contributed by atoms with Crippen LogP contribution in [0.5, 0.6) is 5.75 Å². The summed E-state index contributed by atoms with van der Waals surface area (Å²) in [6, 6.07) is 7.32. The number of hydrogen-bond donors (Lipinski definition) is 2. The van der Waals surface area contributed by atoms with E-state index in [0.717, 1.165) is 11.4 Å². The van der Waals surface area contributed by atoms with Crippen LogP contribution in [0.15, 0.2) is 36.0 Å². The third-order valence-electron chi connectivity index (χ3n) is 2.19. The van der Waals surface area contributed by atoms with Crippen molar-refractivity contribution in [2.24, 2.45) is 0 Å². The van der Waals surface area contributed by atoms with E-state index in [9.17, 15) is 4.79 Å². The number of rotatable bonds is 4. The predicted octanol–water partition coefficient (Wildman–Crippen LogP) is 2.06. The number of ether oxygens (including phenoxy) is 2. The standard InChI is InChI=1S/C13H16N2O3S/c1-9(8-12(16)18-3)14-13(19)15-10-4-6-11(17-2)7-5-10/h4-8H,1-3H3,(H2,14,15,19). The molecule has 2 N–H and O–H groups in total. The second-order valence-electron chi connectivity index (χ2n) is 3.66. The first-order valence-electron chi connectivity index (χ1n) is 5.53. The minimum absolute atomic E-state index is 0.391. The molecule has 0 atom stereocenters. The lowest BCUT2D eigenvalue weighted by molar-refractivity contribution is -0.134. The van der Waals surface area contributed by atoms with Crippen molar-refractivity contribution in [2.45, 2.75) is 6.92 Å². The Hall–Kier alpha value is -2.08. The number of carbonyl (C=O) groups excluding carboxylic acids is 1. The molecule has 1 aromatic carbocycles. The first-order valence-corrected chi connectivity index (χ1v) is 5.94. The van der Waals surface area contributed by atoms with Crippen LogP contribution in [0, 0.1) is 0 Å². The molecule has 6 heteroatoms. The van der Waals surface area contributed by atoms with Crippen molar-refractivity contribution in [1.29, 1.82) is 0 Å². The zero-order valence-corrected chi connectivity index (χ0v) is 11.8. The first-order chi connectivity index (χ1) is 9.05. The van der Waals surface area contributed by atoms with Gasteiger partial charge in [-0.3, -0.25) is 0 Å². The summed E-state index contributed by atoms with van der Waals surface area (Å²) in [7, 11) is 2.93. The van der Waals surface area contributed by atoms with Crippen LogP contribution in [-0.2, 0) is 9.53 Å². The number of anilines is 1. The lowest BCUT2D eigenvalue weighted by Crippen LogP contribution is -2.27. The molecule has 0 spiro atoms. The van der Waals surface area contributed by atoms with E-state index in [4.69, 9.17) is 17.0 Å². The average Bonchev–Trinajstić information content (AvgIpc) is 2.39. The number of benzene rings is 1. The van der Waals surface area contributed by atoms with Crippen molar-refractivity contribution in [3.05, 3.63) is 36.0 Å². The van der Waals surface area contributed by atoms with Gasteiger partial charge in [0.2, 0.25) is 0 Å². The molecular weight excluding hydrogens is 264 g/mol. The SMILES string of the molecule is COC(=O)C=C(C)NC(=S)Nc1ccc(OC)cc1. The van der Waals surface area contributed by atoms with Gasteiger partial charge in [-0.1, -0.05) is 0 Å². The molecule has 0 radical (unpaired) electrons. The van der Waals surface area contributed by atoms with Crippen LogP contribution in [0.25, 0.3) is 0 Å². The van der Waals surface area contributed by atoms with Gasteiger partial charge in [-0.2, -0.15) is 0 Å². The maximum Gasteiger partial charge on any atom is 0.332 e. The van der Waals surface area contributed by atoms with Gasteiger partial charge >= 0.3 is 5.97 Å². The third-order valence-corrected chi connectivity index (χ3v) is 2.40. The summed E-state index contributed by atoms with van der Waals surface area (Å²) >= 11 is 5.12. The number of esters is 1. The number of hydrogen-bond acceptors (Lipinski definition) is 4. The Balaban J connectivity index is 2.55. The maximum absolute atomic E-state index is 11.0. The van der Waals surface area contributed by atoms with Gasteiger partial charge in [-0.05, 0) is 43.4 Å². The zero-order valence-electron chi connectivity index (χ0n) is 11.0. The molecule has 0 saturated carbocycles. The summed E-state index contributed by atoms with van der Waals surface area (Å²) < 4.78 is 9.57. The van der Waals surface area contributed by atoms with Crippen molar-refractivity contribution >= 4 is 29.0 Å². The van der Waals surface area contributed by atoms with Crippen LogP contribution >= 0.6 is 12.2 Å². The summed E-state index contributed by atoms with van der Waals surface area (Å²) in [5.41, 5.74) is 1.42. The van der Waals surface area contributed by atoms with Crippen molar-refractivity contribution < 1.29 is 14.3 Å². The minimum atomic E-state index is -0.433. The molecule has 0 heterocycles. The van der Waals surface area contributed by atoms with Crippen molar-refractivity contribution in [3.8, 4) is 5.75 Å². The van der Waals surface area contributed by atoms with Crippen LogP contribution in [0.4, 0.5) is 5.69 Å². The molecular formula is C13H16N2O3S. The molecule has 0 aliphatic heterocycles. The molecule has 0 aliphatic carbocycles. The fourth-order valence-corrected chi connectivity index (χ4v) is 1.57. The van der Waals surface area contributed by atoms with E-state index in [-0.39, 0.29) is 0 Å². The normalized spacial score (nSPS) is 10.6. The largest absolute Gasteiger partial charge is 0.497 e. The Bertz CT molecular complexity index is 483. The molecule has 0 aliphatic rings. The van der Waals surface area contributed by atoms with Crippen LogP contribution in [0.2, 0.25) is 0 Å². The first kappa shape index (κ1) is 15.0. The Morgan fingerprint density at radius 2 is 1.89 bits per heavy atom. The van der Waals surface area contributed by atoms with Gasteiger partial charge in [0.05, 0.1) is 14.2 Å². The van der Waals surface area contributed by atoms with E-state index in [1.165, 1.54) is 13.2 Å². The minimum Gasteiger partial charge on any atom is -0.497 e. The van der Waals surface area contributed by atoms with Gasteiger partial charge in [0.1, 0.15) is 5.75 Å². The summed E-state index contributed by atoms with van der Waals surface area (Å²) in [6.07, 6.45) is 1.32. The molecule has 1 aromatic rings. The molecule has 0 amide bonds. The van der Waals surface area contributed by atoms with Crippen LogP contribution in [-0.4, -0.2) is 25.3 Å². The van der Waals surface area contributed by atoms with Gasteiger partial charge < -0.3 is 20.1 Å². The molecule has 0 saturated heterocycles. The monoisotopic (exact) mass is 280 g/mol. The fraction of sp³-hybridized carbons (Fsp3) is 0.231. The van der Waals surface area contributed by atoms with Gasteiger partial charge in [0.25, 0.3) is 0 Å². The third kappa shape index (κ3) is 5.39. The van der Waals surface area contributed by atoms with Gasteiger partial charge in [0, 0.05) is 17.5 Å². The Morgan fingerprint density at radius 3 is 2.42 bits per heavy atom. The number of allylic oxidation sites excluding steroid dienone is 1. The number of carbonyl (C=O) groups is 1. The fourth-order valence-electron chi connectivity index (χ4n) is 1.29. The number of nitrogens with one attached hydrogen (secondary N) is 2. The van der Waals surface area contributed by atoms with E-state index in [0.29, 0.717) is 10.8 Å². The van der Waals surface area contributed by atoms with E-state index in [1.807, 2.05) is 24.3 Å². The topological polar surface area (TPSA) is 59.6 Å². The summed E-state index contributed by atoms with van der Waals surface area (Å²) in [5, 5.41) is 6.25. The number of methoxy groups -OCH3 is 2. The molecule has 102 valence electrons. The van der Waals surface area contributed by atoms with E-state index < -0.39 is 5.97 Å². The Labute approximate surface area is 117 Å². The van der Waals surface area contributed by atoms with Gasteiger partial charge in [-0.25, -0.2) is 4.79 Å². The molecule has 0 unspecified atom stereocenters. The summed E-state index contributed by atoms with van der Waals surface area (Å²) in [6.45, 7) is 1.72. The molecule has 0 bridgehead atoms. The Kier molecular flexibility index (Phi) is 5.81. The highest BCUT2D eigenvalue weighted by Gasteiger charge is 2.01. The highest BCUT2D eigenvalue weighted by molar-refractivity contribution is 7.80. The van der Waals surface area contributed by atoms with E-state index in [1.54, 1.807) is 14.0 Å². The molecule has 1 rings (SSSR count). The highest BCUT2D eigenvalue weighted by Crippen LogP contribution is 2.14. The van der Waals surface area contributed by atoms with Crippen LogP contribution in [0.1, 0.15) is 6.92 Å². The summed E-state index contributed by atoms with van der Waals surface area (Å²) in [4.78, 5) is 11.0. The molecule has 5 nitrogen and oxygen atoms in total. The second kappa shape index (κ2) is 7.38. The second-order valence-corrected chi connectivity index (χ2v) is 4.07. The van der Waals surface area contributed by atoms with E-state index >= 15 is 0 Å². The van der Waals surface area contributed by atoms with Crippen molar-refractivity contribution in [3.63, 3.8) is 0 Å². The van der Waals surface area contributed by atoms with Crippen LogP contribution < -0.4 is 15.4 Å². The lowest BCUT2D eigenvalue weighted by Gasteiger charge is -2.11. The van der Waals surface area contributed by atoms with Gasteiger partial charge in [0.15, 0.2) is 5.11 Å². The average molecular weight is 280 g/mol. The zero-order chi connectivity index (χ0) is 14.3. The summed E-state index contributed by atoms with van der Waals surface area (Å²) in [5.74, 6) is 0.337. The van der Waals surface area contributed by atoms with E-state index in [2.05, 4.69) is 15.4 Å². The molecule has 0 aromatic heterocycles. The lowest BCUT2D eigenvalue weighted by atomic mass is 10.3. The highest BCUT2D eigenvalue weighted by atomic mass is 32.1. The maximum atomic E-state index is 11.0. The van der Waals surface area contributed by atoms with Crippen molar-refractivity contribution in [2.75, 3.05) is 19.5 Å².